The van der Waals surface area contributed by atoms with Crippen molar-refractivity contribution in [3.63, 3.8) is 0 Å². The van der Waals surface area contributed by atoms with Gasteiger partial charge in [0.2, 0.25) is 11.7 Å². The Balaban J connectivity index is 1.64. The first kappa shape index (κ1) is 30.8. The summed E-state index contributed by atoms with van der Waals surface area (Å²) in [6.45, 7) is 0.168. The molecule has 15 heteroatoms. The second kappa shape index (κ2) is 10.5. The standard InChI is InChI=1S/C29H35N5O10/c1-32(2)16-10-14(31-27(41)15-6-5-7-34(15)28(42)43)21(35)18-12(16)8-11-9-13-20(33(3)4)23(37)19(26(30)40)25(39)29(13,44)24(38)17(11)22(18)36/h10-11,13,15,20,35,37-38,44H,5-9H2,1-4H3,(H2,30,40)(H,31,41)(H,42,43)/t11-,13-,15?,20-,29-/m0/s1. The minimum absolute atomic E-state index is 0.0649. The molecule has 0 saturated carbocycles. The Kier molecular flexibility index (Phi) is 7.37. The first-order chi connectivity index (χ1) is 20.5. The second-order valence-electron chi connectivity index (χ2n) is 12.1. The number of carboxylic acid groups (broad SMARTS) is 1. The number of hydrogen-bond acceptors (Lipinski definition) is 11. The van der Waals surface area contributed by atoms with Crippen LogP contribution >= 0.6 is 0 Å². The number of carbonyl (C=O) groups is 5. The minimum atomic E-state index is -2.78. The number of anilines is 2. The highest BCUT2D eigenvalue weighted by atomic mass is 16.4. The summed E-state index contributed by atoms with van der Waals surface area (Å²) >= 11 is 0. The Hall–Kier alpha value is -4.63. The molecule has 1 saturated heterocycles. The summed E-state index contributed by atoms with van der Waals surface area (Å²) in [5.41, 5.74) is 1.76. The van der Waals surface area contributed by atoms with E-state index in [-0.39, 0.29) is 42.6 Å². The Morgan fingerprint density at radius 3 is 2.34 bits per heavy atom. The number of aliphatic hydroxyl groups is 3. The molecule has 236 valence electrons. The number of benzene rings is 1. The fraction of sp³-hybridized carbons (Fsp3) is 0.483. The van der Waals surface area contributed by atoms with Crippen molar-refractivity contribution in [2.45, 2.75) is 43.4 Å². The molecule has 1 unspecified atom stereocenters. The van der Waals surface area contributed by atoms with E-state index >= 15 is 0 Å². The lowest BCUT2D eigenvalue weighted by Gasteiger charge is -2.50. The van der Waals surface area contributed by atoms with Gasteiger partial charge in [-0.1, -0.05) is 0 Å². The third kappa shape index (κ3) is 4.29. The van der Waals surface area contributed by atoms with E-state index in [1.165, 1.54) is 11.0 Å². The maximum Gasteiger partial charge on any atom is 0.407 e. The van der Waals surface area contributed by atoms with Gasteiger partial charge in [-0.05, 0) is 57.3 Å². The molecular formula is C29H35N5O10. The highest BCUT2D eigenvalue weighted by Crippen LogP contribution is 2.54. The van der Waals surface area contributed by atoms with Crippen molar-refractivity contribution >= 4 is 40.8 Å². The molecule has 1 fully saturated rings. The van der Waals surface area contributed by atoms with E-state index in [1.807, 2.05) is 0 Å². The maximum atomic E-state index is 14.1. The van der Waals surface area contributed by atoms with Gasteiger partial charge in [0.05, 0.1) is 17.3 Å². The fourth-order valence-electron chi connectivity index (χ4n) is 7.28. The topological polar surface area (TPSA) is 234 Å². The number of aromatic hydroxyl groups is 1. The normalized spacial score (nSPS) is 28.1. The predicted octanol–water partition coefficient (Wildman–Crippen LogP) is 0.268. The Morgan fingerprint density at radius 1 is 1.11 bits per heavy atom. The number of fused-ring (bicyclic) bond motifs is 3. The highest BCUT2D eigenvalue weighted by molar-refractivity contribution is 6.25. The van der Waals surface area contributed by atoms with Crippen molar-refractivity contribution in [3.05, 3.63) is 39.9 Å². The number of aliphatic hydroxyl groups excluding tert-OH is 2. The predicted molar refractivity (Wildman–Crippen MR) is 154 cm³/mol. The van der Waals surface area contributed by atoms with Crippen molar-refractivity contribution in [2.24, 2.45) is 17.6 Å². The SMILES string of the molecule is CN(C)c1cc(NC(=O)C2CCCN2C(=O)O)c(O)c2c1C[C@H]1C[C@H]3[C@H](N(C)C)C(O)=C(C(N)=O)C(=O)[C@@]3(O)C(O)=C1C2=O. The molecule has 1 heterocycles. The summed E-state index contributed by atoms with van der Waals surface area (Å²) in [5, 5.41) is 57.5. The molecule has 0 bridgehead atoms. The molecule has 0 spiro atoms. The number of ketones is 2. The Labute approximate surface area is 251 Å². The van der Waals surface area contributed by atoms with Gasteiger partial charge < -0.3 is 41.5 Å². The first-order valence-electron chi connectivity index (χ1n) is 14.0. The largest absolute Gasteiger partial charge is 0.510 e. The average molecular weight is 614 g/mol. The van der Waals surface area contributed by atoms with Crippen LogP contribution in [-0.2, 0) is 20.8 Å². The summed E-state index contributed by atoms with van der Waals surface area (Å²) in [5.74, 6) is -8.47. The number of phenols is 1. The number of carbonyl (C=O) groups excluding carboxylic acids is 4. The van der Waals surface area contributed by atoms with Crippen LogP contribution in [-0.4, -0.2) is 117 Å². The molecule has 0 radical (unpaired) electrons. The summed E-state index contributed by atoms with van der Waals surface area (Å²) in [4.78, 5) is 68.6. The number of likely N-dealkylation sites (tertiary alicyclic amines) is 1. The van der Waals surface area contributed by atoms with Crippen molar-refractivity contribution in [2.75, 3.05) is 45.0 Å². The molecule has 1 aromatic rings. The third-order valence-electron chi connectivity index (χ3n) is 9.24. The van der Waals surface area contributed by atoms with Gasteiger partial charge >= 0.3 is 6.09 Å². The number of phenolic OH excluding ortho intramolecular Hbond substituents is 1. The number of hydrogen-bond donors (Lipinski definition) is 7. The molecule has 8 N–H and O–H groups in total. The van der Waals surface area contributed by atoms with Crippen LogP contribution in [0.5, 0.6) is 5.75 Å². The smallest absolute Gasteiger partial charge is 0.407 e. The summed E-state index contributed by atoms with van der Waals surface area (Å²) in [7, 11) is 6.47. The van der Waals surface area contributed by atoms with Gasteiger partial charge in [-0.2, -0.15) is 0 Å². The fourth-order valence-corrected chi connectivity index (χ4v) is 7.28. The zero-order valence-electron chi connectivity index (χ0n) is 24.6. The number of Topliss-reactive ketones (excluding diaryl/α,β-unsaturated/α-hetero) is 2. The van der Waals surface area contributed by atoms with Crippen LogP contribution in [0.25, 0.3) is 0 Å². The van der Waals surface area contributed by atoms with Crippen molar-refractivity contribution < 1.29 is 49.5 Å². The summed E-state index contributed by atoms with van der Waals surface area (Å²) < 4.78 is 0. The molecule has 44 heavy (non-hydrogen) atoms. The molecule has 4 aliphatic rings. The maximum absolute atomic E-state index is 14.1. The minimum Gasteiger partial charge on any atom is -0.510 e. The zero-order chi connectivity index (χ0) is 32.6. The van der Waals surface area contributed by atoms with E-state index < -0.39 is 81.8 Å². The Morgan fingerprint density at radius 2 is 1.77 bits per heavy atom. The molecule has 0 aromatic heterocycles. The van der Waals surface area contributed by atoms with Gasteiger partial charge in [-0.25, -0.2) is 4.79 Å². The van der Waals surface area contributed by atoms with E-state index in [0.29, 0.717) is 17.7 Å². The van der Waals surface area contributed by atoms with Crippen LogP contribution in [0.15, 0.2) is 28.7 Å². The van der Waals surface area contributed by atoms with Crippen molar-refractivity contribution in [1.29, 1.82) is 0 Å². The lowest BCUT2D eigenvalue weighted by Crippen LogP contribution is -2.63. The number of rotatable bonds is 5. The number of likely N-dealkylation sites (N-methyl/N-ethyl adjacent to an activating group) is 1. The monoisotopic (exact) mass is 613 g/mol. The van der Waals surface area contributed by atoms with Gasteiger partial charge in [0.1, 0.15) is 23.1 Å². The third-order valence-corrected chi connectivity index (χ3v) is 9.24. The lowest BCUT2D eigenvalue weighted by molar-refractivity contribution is -0.148. The summed E-state index contributed by atoms with van der Waals surface area (Å²) in [6.07, 6.45) is -0.521. The average Bonchev–Trinajstić information content (AvgIpc) is 3.42. The van der Waals surface area contributed by atoms with E-state index in [0.717, 1.165) is 4.90 Å². The van der Waals surface area contributed by atoms with Crippen molar-refractivity contribution in [3.8, 4) is 5.75 Å². The van der Waals surface area contributed by atoms with Gasteiger partial charge in [0, 0.05) is 37.8 Å². The van der Waals surface area contributed by atoms with Crippen LogP contribution in [0, 0.1) is 11.8 Å². The second-order valence-corrected chi connectivity index (χ2v) is 12.1. The molecule has 5 rings (SSSR count). The number of nitrogens with one attached hydrogen (secondary N) is 1. The first-order valence-corrected chi connectivity index (χ1v) is 14.0. The van der Waals surface area contributed by atoms with E-state index in [4.69, 9.17) is 5.73 Å². The van der Waals surface area contributed by atoms with Crippen LogP contribution in [0.4, 0.5) is 16.2 Å². The zero-order valence-corrected chi connectivity index (χ0v) is 24.6. The number of primary amides is 1. The van der Waals surface area contributed by atoms with Gasteiger partial charge in [0.15, 0.2) is 17.1 Å². The van der Waals surface area contributed by atoms with Gasteiger partial charge in [-0.15, -0.1) is 0 Å². The molecule has 15 nitrogen and oxygen atoms in total. The van der Waals surface area contributed by atoms with Crippen LogP contribution < -0.4 is 16.0 Å². The molecule has 3 amide bonds. The van der Waals surface area contributed by atoms with E-state index in [9.17, 15) is 49.5 Å². The quantitative estimate of drug-likeness (QED) is 0.175. The molecule has 1 aliphatic heterocycles. The van der Waals surface area contributed by atoms with Gasteiger partial charge in [-0.3, -0.25) is 29.0 Å². The molecule has 1 aromatic carbocycles. The van der Waals surface area contributed by atoms with Crippen LogP contribution in [0.1, 0.15) is 35.2 Å². The number of allylic oxidation sites excluding steroid dienone is 1. The Bertz CT molecular complexity index is 1580. The molecule has 3 aliphatic carbocycles. The highest BCUT2D eigenvalue weighted by Gasteiger charge is 2.63. The number of nitrogens with two attached hydrogens (primary N) is 1. The molecule has 5 atom stereocenters. The van der Waals surface area contributed by atoms with E-state index in [2.05, 4.69) is 5.32 Å². The van der Waals surface area contributed by atoms with Crippen LogP contribution in [0.3, 0.4) is 0 Å². The number of nitrogens with zero attached hydrogens (tertiary/aromatic N) is 3. The number of amides is 3. The lowest BCUT2D eigenvalue weighted by atomic mass is 9.58. The molecular weight excluding hydrogens is 578 g/mol. The summed E-state index contributed by atoms with van der Waals surface area (Å²) in [6, 6.07) is -0.651. The van der Waals surface area contributed by atoms with E-state index in [1.54, 1.807) is 33.1 Å². The van der Waals surface area contributed by atoms with Crippen LogP contribution in [0.2, 0.25) is 0 Å². The van der Waals surface area contributed by atoms with Gasteiger partial charge in [0.25, 0.3) is 5.91 Å². The van der Waals surface area contributed by atoms with Crippen molar-refractivity contribution in [1.82, 2.24) is 9.80 Å².